The van der Waals surface area contributed by atoms with E-state index in [-0.39, 0.29) is 11.3 Å². The minimum absolute atomic E-state index is 0.0268. The van der Waals surface area contributed by atoms with Crippen molar-refractivity contribution in [3.63, 3.8) is 0 Å². The molecule has 0 aliphatic heterocycles. The van der Waals surface area contributed by atoms with Crippen LogP contribution in [0.15, 0.2) is 41.9 Å². The van der Waals surface area contributed by atoms with Crippen molar-refractivity contribution in [2.45, 2.75) is 38.6 Å². The molecule has 1 N–H and O–H groups in total. The SMILES string of the molecule is CC(C)(CCc1ccccc1)NCCC(=O)c1nccs1. The number of rotatable bonds is 8. The number of hydrogen-bond donors (Lipinski definition) is 1. The molecule has 0 atom stereocenters. The van der Waals surface area contributed by atoms with Crippen LogP contribution in [0.25, 0.3) is 0 Å². The van der Waals surface area contributed by atoms with Crippen LogP contribution < -0.4 is 5.32 Å². The normalized spacial score (nSPS) is 11.5. The van der Waals surface area contributed by atoms with Crippen LogP contribution in [0.1, 0.15) is 42.1 Å². The quantitative estimate of drug-likeness (QED) is 0.756. The highest BCUT2D eigenvalue weighted by atomic mass is 32.1. The molecular weight excluding hydrogens is 280 g/mol. The van der Waals surface area contributed by atoms with Gasteiger partial charge in [0.05, 0.1) is 0 Å². The molecule has 2 rings (SSSR count). The van der Waals surface area contributed by atoms with Crippen LogP contribution >= 0.6 is 11.3 Å². The summed E-state index contributed by atoms with van der Waals surface area (Å²) in [5.41, 5.74) is 1.38. The maximum Gasteiger partial charge on any atom is 0.192 e. The lowest BCUT2D eigenvalue weighted by Gasteiger charge is -2.26. The molecule has 2 aromatic rings. The van der Waals surface area contributed by atoms with Gasteiger partial charge < -0.3 is 5.32 Å². The minimum atomic E-state index is 0.0268. The molecule has 0 saturated heterocycles. The Labute approximate surface area is 130 Å². The van der Waals surface area contributed by atoms with Crippen LogP contribution in [0.4, 0.5) is 0 Å². The van der Waals surface area contributed by atoms with Gasteiger partial charge in [0.1, 0.15) is 0 Å². The first-order valence-electron chi connectivity index (χ1n) is 7.28. The van der Waals surface area contributed by atoms with Crippen LogP contribution in [0.5, 0.6) is 0 Å². The average molecular weight is 302 g/mol. The zero-order valence-corrected chi connectivity index (χ0v) is 13.5. The Morgan fingerprint density at radius 2 is 2.05 bits per heavy atom. The van der Waals surface area contributed by atoms with E-state index in [9.17, 15) is 4.79 Å². The molecule has 21 heavy (non-hydrogen) atoms. The fourth-order valence-corrected chi connectivity index (χ4v) is 2.78. The van der Waals surface area contributed by atoms with E-state index >= 15 is 0 Å². The fourth-order valence-electron chi connectivity index (χ4n) is 2.17. The number of carbonyl (C=O) groups is 1. The first kappa shape index (κ1) is 15.9. The van der Waals surface area contributed by atoms with Gasteiger partial charge >= 0.3 is 0 Å². The minimum Gasteiger partial charge on any atom is -0.311 e. The molecule has 0 spiro atoms. The number of ketones is 1. The summed E-state index contributed by atoms with van der Waals surface area (Å²) in [5, 5.41) is 5.93. The second-order valence-electron chi connectivity index (χ2n) is 5.81. The van der Waals surface area contributed by atoms with Gasteiger partial charge in [-0.2, -0.15) is 0 Å². The van der Waals surface area contributed by atoms with Gasteiger partial charge in [-0.15, -0.1) is 11.3 Å². The lowest BCUT2D eigenvalue weighted by molar-refractivity contribution is 0.0979. The summed E-state index contributed by atoms with van der Waals surface area (Å²) in [5.74, 6) is 0.122. The van der Waals surface area contributed by atoms with Crippen LogP contribution in [-0.2, 0) is 6.42 Å². The Balaban J connectivity index is 1.72. The van der Waals surface area contributed by atoms with E-state index in [0.29, 0.717) is 18.0 Å². The second-order valence-corrected chi connectivity index (χ2v) is 6.70. The molecule has 1 aromatic carbocycles. The van der Waals surface area contributed by atoms with Crippen molar-refractivity contribution >= 4 is 17.1 Å². The lowest BCUT2D eigenvalue weighted by Crippen LogP contribution is -2.40. The maximum absolute atomic E-state index is 11.9. The van der Waals surface area contributed by atoms with Crippen molar-refractivity contribution in [1.29, 1.82) is 0 Å². The zero-order chi connectivity index (χ0) is 15.1. The number of aromatic nitrogens is 1. The third-order valence-corrected chi connectivity index (χ3v) is 4.32. The Morgan fingerprint density at radius 1 is 1.29 bits per heavy atom. The van der Waals surface area contributed by atoms with Gasteiger partial charge in [0.25, 0.3) is 0 Å². The fraction of sp³-hybridized carbons (Fsp3) is 0.412. The molecule has 0 fully saturated rings. The van der Waals surface area contributed by atoms with E-state index in [0.717, 1.165) is 12.8 Å². The maximum atomic E-state index is 11.9. The predicted octanol–water partition coefficient (Wildman–Crippen LogP) is 3.72. The molecule has 112 valence electrons. The van der Waals surface area contributed by atoms with E-state index in [2.05, 4.69) is 48.4 Å². The number of nitrogens with one attached hydrogen (secondary N) is 1. The monoisotopic (exact) mass is 302 g/mol. The summed E-state index contributed by atoms with van der Waals surface area (Å²) in [4.78, 5) is 15.9. The number of Topliss-reactive ketones (excluding diaryl/α,β-unsaturated/α-hetero) is 1. The Bertz CT molecular complexity index is 549. The molecule has 1 aromatic heterocycles. The summed E-state index contributed by atoms with van der Waals surface area (Å²) in [6.45, 7) is 5.06. The molecule has 0 aliphatic rings. The first-order chi connectivity index (χ1) is 10.1. The number of aryl methyl sites for hydroxylation is 1. The van der Waals surface area contributed by atoms with Gasteiger partial charge in [-0.1, -0.05) is 30.3 Å². The molecule has 3 nitrogen and oxygen atoms in total. The highest BCUT2D eigenvalue weighted by Gasteiger charge is 2.17. The lowest BCUT2D eigenvalue weighted by atomic mass is 9.95. The Morgan fingerprint density at radius 3 is 2.71 bits per heavy atom. The second kappa shape index (κ2) is 7.48. The van der Waals surface area contributed by atoms with Crippen LogP contribution in [0.2, 0.25) is 0 Å². The van der Waals surface area contributed by atoms with Crippen molar-refractivity contribution in [1.82, 2.24) is 10.3 Å². The molecular formula is C17H22N2OS. The van der Waals surface area contributed by atoms with E-state index in [1.165, 1.54) is 16.9 Å². The van der Waals surface area contributed by atoms with Crippen molar-refractivity contribution < 1.29 is 4.79 Å². The third-order valence-electron chi connectivity index (χ3n) is 3.51. The van der Waals surface area contributed by atoms with Crippen molar-refractivity contribution in [2.24, 2.45) is 0 Å². The van der Waals surface area contributed by atoms with E-state index in [1.807, 2.05) is 11.4 Å². The number of thiazole rings is 1. The summed E-state index contributed by atoms with van der Waals surface area (Å²) in [7, 11) is 0. The van der Waals surface area contributed by atoms with Gasteiger partial charge in [0.2, 0.25) is 0 Å². The molecule has 0 radical (unpaired) electrons. The highest BCUT2D eigenvalue weighted by molar-refractivity contribution is 7.11. The molecule has 0 bridgehead atoms. The van der Waals surface area contributed by atoms with E-state index in [1.54, 1.807) is 6.20 Å². The topological polar surface area (TPSA) is 42.0 Å². The summed E-state index contributed by atoms with van der Waals surface area (Å²) < 4.78 is 0. The van der Waals surface area contributed by atoms with Crippen molar-refractivity contribution in [3.8, 4) is 0 Å². The third kappa shape index (κ3) is 5.40. The van der Waals surface area contributed by atoms with E-state index < -0.39 is 0 Å². The molecule has 1 heterocycles. The molecule has 4 heteroatoms. The summed E-state index contributed by atoms with van der Waals surface area (Å²) in [6, 6.07) is 10.5. The van der Waals surface area contributed by atoms with Gasteiger partial charge in [-0.3, -0.25) is 4.79 Å². The van der Waals surface area contributed by atoms with Crippen LogP contribution in [-0.4, -0.2) is 22.9 Å². The molecule has 0 unspecified atom stereocenters. The molecule has 0 aliphatic carbocycles. The Hall–Kier alpha value is -1.52. The predicted molar refractivity (Wildman–Crippen MR) is 87.9 cm³/mol. The molecule has 0 amide bonds. The van der Waals surface area contributed by atoms with Gasteiger partial charge in [0.15, 0.2) is 10.8 Å². The smallest absolute Gasteiger partial charge is 0.192 e. The number of nitrogens with zero attached hydrogens (tertiary/aromatic N) is 1. The van der Waals surface area contributed by atoms with Crippen LogP contribution in [0.3, 0.4) is 0 Å². The van der Waals surface area contributed by atoms with Crippen LogP contribution in [0, 0.1) is 0 Å². The first-order valence-corrected chi connectivity index (χ1v) is 8.16. The number of hydrogen-bond acceptors (Lipinski definition) is 4. The van der Waals surface area contributed by atoms with Crippen molar-refractivity contribution in [2.75, 3.05) is 6.54 Å². The number of carbonyl (C=O) groups excluding carboxylic acids is 1. The Kier molecular flexibility index (Phi) is 5.65. The summed E-state index contributed by atoms with van der Waals surface area (Å²) >= 11 is 1.41. The highest BCUT2D eigenvalue weighted by Crippen LogP contribution is 2.14. The zero-order valence-electron chi connectivity index (χ0n) is 12.6. The van der Waals surface area contributed by atoms with Gasteiger partial charge in [-0.25, -0.2) is 4.98 Å². The summed E-state index contributed by atoms with van der Waals surface area (Å²) in [6.07, 6.45) is 4.27. The van der Waals surface area contributed by atoms with Gasteiger partial charge in [-0.05, 0) is 32.3 Å². The average Bonchev–Trinajstić information content (AvgIpc) is 3.00. The number of benzene rings is 1. The standard InChI is InChI=1S/C17H22N2OS/c1-17(2,10-8-14-6-4-3-5-7-14)19-11-9-15(20)16-18-12-13-21-16/h3-7,12-13,19H,8-11H2,1-2H3. The van der Waals surface area contributed by atoms with Gasteiger partial charge in [0, 0.05) is 30.1 Å². The van der Waals surface area contributed by atoms with E-state index in [4.69, 9.17) is 0 Å². The molecule has 0 saturated carbocycles. The van der Waals surface area contributed by atoms with Crippen molar-refractivity contribution in [3.05, 3.63) is 52.5 Å². The largest absolute Gasteiger partial charge is 0.311 e.